The van der Waals surface area contributed by atoms with Gasteiger partial charge in [0.25, 0.3) is 0 Å². The number of nitrogens with one attached hydrogen (secondary N) is 1. The zero-order valence-corrected chi connectivity index (χ0v) is 14.4. The average Bonchev–Trinajstić information content (AvgIpc) is 3.05. The van der Waals surface area contributed by atoms with Crippen LogP contribution in [0.15, 0.2) is 35.5 Å². The molecule has 6 nitrogen and oxygen atoms in total. The topological polar surface area (TPSA) is 71.5 Å². The summed E-state index contributed by atoms with van der Waals surface area (Å²) in [5, 5.41) is 4.83. The van der Waals surface area contributed by atoms with Crippen LogP contribution in [0.3, 0.4) is 0 Å². The van der Waals surface area contributed by atoms with Crippen LogP contribution >= 0.6 is 0 Å². The van der Waals surface area contributed by atoms with E-state index in [0.29, 0.717) is 35.0 Å². The highest BCUT2D eigenvalue weighted by molar-refractivity contribution is 7.89. The molecular weight excluding hydrogens is 326 g/mol. The highest BCUT2D eigenvalue weighted by Gasteiger charge is 2.40. The van der Waals surface area contributed by atoms with Crippen LogP contribution in [0.1, 0.15) is 12.8 Å². The molecule has 1 aromatic carbocycles. The molecule has 24 heavy (non-hydrogen) atoms. The first-order chi connectivity index (χ1) is 11.6. The number of hydrogen-bond acceptors (Lipinski definition) is 5. The van der Waals surface area contributed by atoms with E-state index in [9.17, 15) is 8.42 Å². The second-order valence-corrected chi connectivity index (χ2v) is 8.39. The first-order valence-electron chi connectivity index (χ1n) is 8.25. The number of sulfonamides is 1. The van der Waals surface area contributed by atoms with Crippen LogP contribution in [0.4, 0.5) is 0 Å². The second kappa shape index (κ2) is 5.98. The standard InChI is InChI=1S/C17H21N3O3S/c1-23-15-9-18-8-12-4-2-6-16(17(12)15)24(21,22)20-10-13-5-3-7-19-14(13)11-20/h2,4,6,8-9,13-14,19H,3,5,7,10-11H2,1H3. The number of rotatable bonds is 3. The number of nitrogens with zero attached hydrogens (tertiary/aromatic N) is 2. The van der Waals surface area contributed by atoms with Gasteiger partial charge in [-0.15, -0.1) is 0 Å². The quantitative estimate of drug-likeness (QED) is 0.913. The zero-order chi connectivity index (χ0) is 16.7. The van der Waals surface area contributed by atoms with E-state index in [0.717, 1.165) is 24.8 Å². The van der Waals surface area contributed by atoms with Crippen LogP contribution in [0.5, 0.6) is 5.75 Å². The molecule has 4 rings (SSSR count). The van der Waals surface area contributed by atoms with Crippen molar-refractivity contribution in [3.63, 3.8) is 0 Å². The predicted molar refractivity (Wildman–Crippen MR) is 91.6 cm³/mol. The molecular formula is C17H21N3O3S. The lowest BCUT2D eigenvalue weighted by molar-refractivity contribution is 0.339. The van der Waals surface area contributed by atoms with Gasteiger partial charge in [-0.05, 0) is 31.4 Å². The molecule has 7 heteroatoms. The van der Waals surface area contributed by atoms with Gasteiger partial charge in [0.1, 0.15) is 5.75 Å². The van der Waals surface area contributed by atoms with Crippen LogP contribution in [-0.2, 0) is 10.0 Å². The fourth-order valence-electron chi connectivity index (χ4n) is 3.88. The number of methoxy groups -OCH3 is 1. The largest absolute Gasteiger partial charge is 0.494 e. The van der Waals surface area contributed by atoms with Gasteiger partial charge in [0.2, 0.25) is 10.0 Å². The monoisotopic (exact) mass is 347 g/mol. The normalized spacial score (nSPS) is 24.9. The summed E-state index contributed by atoms with van der Waals surface area (Å²) in [6, 6.07) is 5.55. The van der Waals surface area contributed by atoms with Crippen LogP contribution in [0.2, 0.25) is 0 Å². The van der Waals surface area contributed by atoms with Gasteiger partial charge in [-0.3, -0.25) is 4.98 Å². The minimum atomic E-state index is -3.57. The summed E-state index contributed by atoms with van der Waals surface area (Å²) in [5.41, 5.74) is 0. The van der Waals surface area contributed by atoms with E-state index in [1.54, 1.807) is 28.8 Å². The number of ether oxygens (including phenoxy) is 1. The third kappa shape index (κ3) is 2.47. The van der Waals surface area contributed by atoms with Crippen molar-refractivity contribution < 1.29 is 13.2 Å². The molecule has 0 spiro atoms. The maximum absolute atomic E-state index is 13.3. The average molecular weight is 347 g/mol. The van der Waals surface area contributed by atoms with Crippen LogP contribution in [0.25, 0.3) is 10.8 Å². The van der Waals surface area contributed by atoms with E-state index in [4.69, 9.17) is 4.74 Å². The van der Waals surface area contributed by atoms with E-state index >= 15 is 0 Å². The number of hydrogen-bond donors (Lipinski definition) is 1. The Hall–Kier alpha value is -1.70. The maximum atomic E-state index is 13.3. The smallest absolute Gasteiger partial charge is 0.243 e. The van der Waals surface area contributed by atoms with Gasteiger partial charge in [-0.1, -0.05) is 12.1 Å². The lowest BCUT2D eigenvalue weighted by atomic mass is 9.94. The van der Waals surface area contributed by atoms with Gasteiger partial charge >= 0.3 is 0 Å². The fourth-order valence-corrected chi connectivity index (χ4v) is 5.63. The molecule has 2 aliphatic rings. The molecule has 0 bridgehead atoms. The molecule has 2 unspecified atom stereocenters. The van der Waals surface area contributed by atoms with Crippen molar-refractivity contribution in [2.45, 2.75) is 23.8 Å². The molecule has 1 N–H and O–H groups in total. The molecule has 0 saturated carbocycles. The third-order valence-corrected chi connectivity index (χ3v) is 6.99. The Morgan fingerprint density at radius 1 is 1.29 bits per heavy atom. The molecule has 0 aliphatic carbocycles. The van der Waals surface area contributed by atoms with Crippen LogP contribution in [0, 0.1) is 5.92 Å². The summed E-state index contributed by atoms with van der Waals surface area (Å²) in [4.78, 5) is 4.42. The Labute approximate surface area is 141 Å². The van der Waals surface area contributed by atoms with Crippen molar-refractivity contribution in [3.05, 3.63) is 30.6 Å². The van der Waals surface area contributed by atoms with Gasteiger partial charge in [0, 0.05) is 36.1 Å². The Balaban J connectivity index is 1.79. The number of fused-ring (bicyclic) bond motifs is 2. The molecule has 2 aromatic rings. The number of benzene rings is 1. The molecule has 2 saturated heterocycles. The summed E-state index contributed by atoms with van der Waals surface area (Å²) in [6.45, 7) is 2.10. The van der Waals surface area contributed by atoms with Gasteiger partial charge < -0.3 is 10.1 Å². The van der Waals surface area contributed by atoms with Gasteiger partial charge in [-0.25, -0.2) is 8.42 Å². The van der Waals surface area contributed by atoms with Crippen molar-refractivity contribution in [3.8, 4) is 5.75 Å². The molecule has 1 aromatic heterocycles. The van der Waals surface area contributed by atoms with E-state index < -0.39 is 10.0 Å². The van der Waals surface area contributed by atoms with Gasteiger partial charge in [0.15, 0.2) is 0 Å². The highest BCUT2D eigenvalue weighted by Crippen LogP contribution is 2.35. The number of aromatic nitrogens is 1. The Bertz CT molecular complexity index is 849. The lowest BCUT2D eigenvalue weighted by Crippen LogP contribution is -2.41. The summed E-state index contributed by atoms with van der Waals surface area (Å²) >= 11 is 0. The molecule has 0 radical (unpaired) electrons. The van der Waals surface area contributed by atoms with Crippen LogP contribution in [-0.4, -0.2) is 50.5 Å². The molecule has 3 heterocycles. The SMILES string of the molecule is COc1cncc2cccc(S(=O)(=O)N3CC4CCCNC4C3)c12. The van der Waals surface area contributed by atoms with E-state index in [2.05, 4.69) is 10.3 Å². The Morgan fingerprint density at radius 3 is 2.96 bits per heavy atom. The predicted octanol–water partition coefficient (Wildman–Crippen LogP) is 1.62. The minimum absolute atomic E-state index is 0.270. The maximum Gasteiger partial charge on any atom is 0.243 e. The molecule has 2 fully saturated rings. The van der Waals surface area contributed by atoms with E-state index in [1.165, 1.54) is 7.11 Å². The summed E-state index contributed by atoms with van der Waals surface area (Å²) in [6.07, 6.45) is 5.43. The van der Waals surface area contributed by atoms with Crippen molar-refractivity contribution in [1.29, 1.82) is 0 Å². The van der Waals surface area contributed by atoms with Crippen molar-refractivity contribution in [2.75, 3.05) is 26.7 Å². The second-order valence-electron chi connectivity index (χ2n) is 6.48. The lowest BCUT2D eigenvalue weighted by Gasteiger charge is -2.24. The van der Waals surface area contributed by atoms with Gasteiger partial charge in [-0.2, -0.15) is 4.31 Å². The van der Waals surface area contributed by atoms with Crippen LogP contribution < -0.4 is 10.1 Å². The first-order valence-corrected chi connectivity index (χ1v) is 9.69. The van der Waals surface area contributed by atoms with Crippen molar-refractivity contribution in [1.82, 2.24) is 14.6 Å². The fraction of sp³-hybridized carbons (Fsp3) is 0.471. The van der Waals surface area contributed by atoms with Crippen molar-refractivity contribution in [2.24, 2.45) is 5.92 Å². The van der Waals surface area contributed by atoms with E-state index in [-0.39, 0.29) is 6.04 Å². The zero-order valence-electron chi connectivity index (χ0n) is 13.6. The third-order valence-electron chi connectivity index (χ3n) is 5.11. The van der Waals surface area contributed by atoms with Crippen molar-refractivity contribution >= 4 is 20.8 Å². The first kappa shape index (κ1) is 15.8. The summed E-state index contributed by atoms with van der Waals surface area (Å²) < 4.78 is 33.5. The Morgan fingerprint density at radius 2 is 2.17 bits per heavy atom. The molecule has 0 amide bonds. The minimum Gasteiger partial charge on any atom is -0.494 e. The summed E-state index contributed by atoms with van der Waals surface area (Å²) in [7, 11) is -2.03. The van der Waals surface area contributed by atoms with Gasteiger partial charge in [0.05, 0.1) is 18.2 Å². The molecule has 2 atom stereocenters. The molecule has 128 valence electrons. The Kier molecular flexibility index (Phi) is 3.94. The van der Waals surface area contributed by atoms with E-state index in [1.807, 2.05) is 6.07 Å². The number of piperidine rings is 1. The summed E-state index contributed by atoms with van der Waals surface area (Å²) in [5.74, 6) is 0.897. The highest BCUT2D eigenvalue weighted by atomic mass is 32.2. The number of pyridine rings is 1. The molecule has 2 aliphatic heterocycles.